The summed E-state index contributed by atoms with van der Waals surface area (Å²) in [6, 6.07) is 45.6. The van der Waals surface area contributed by atoms with Gasteiger partial charge in [0.1, 0.15) is 0 Å². The Morgan fingerprint density at radius 1 is 0.295 bits per heavy atom. The molecule has 206 valence electrons. The van der Waals surface area contributed by atoms with Crippen LogP contribution >= 0.6 is 0 Å². The minimum atomic E-state index is 0.814. The van der Waals surface area contributed by atoms with Gasteiger partial charge in [0.15, 0.2) is 0 Å². The van der Waals surface area contributed by atoms with Crippen molar-refractivity contribution in [2.24, 2.45) is 0 Å². The van der Waals surface area contributed by atoms with Gasteiger partial charge in [-0.3, -0.25) is 15.0 Å². The second kappa shape index (κ2) is 11.0. The van der Waals surface area contributed by atoms with E-state index in [1.54, 1.807) is 12.4 Å². The lowest BCUT2D eigenvalue weighted by atomic mass is 9.98. The Kier molecular flexibility index (Phi) is 6.39. The molecule has 0 radical (unpaired) electrons. The Bertz CT molecular complexity index is 2190. The summed E-state index contributed by atoms with van der Waals surface area (Å²) in [7, 11) is 0. The molecule has 0 spiro atoms. The third kappa shape index (κ3) is 4.86. The van der Waals surface area contributed by atoms with Crippen LogP contribution in [-0.4, -0.2) is 24.9 Å². The number of benzene rings is 3. The normalized spacial score (nSPS) is 11.2. The molecule has 0 bridgehead atoms. The molecule has 0 fully saturated rings. The van der Waals surface area contributed by atoms with Gasteiger partial charge < -0.3 is 0 Å². The summed E-state index contributed by atoms with van der Waals surface area (Å²) in [6.07, 6.45) is 5.41. The third-order valence-corrected chi connectivity index (χ3v) is 7.84. The first-order chi connectivity index (χ1) is 21.8. The molecule has 0 N–H and O–H groups in total. The molecule has 8 rings (SSSR count). The summed E-state index contributed by atoms with van der Waals surface area (Å²) in [5.74, 6) is 0. The zero-order chi connectivity index (χ0) is 29.3. The first-order valence-corrected chi connectivity index (χ1v) is 14.5. The number of hydrogen-bond donors (Lipinski definition) is 0. The Labute approximate surface area is 254 Å². The fraction of sp³-hybridized carbons (Fsp3) is 0. The minimum Gasteiger partial charge on any atom is -0.255 e. The first-order valence-electron chi connectivity index (χ1n) is 14.5. The van der Waals surface area contributed by atoms with E-state index in [1.165, 1.54) is 0 Å². The van der Waals surface area contributed by atoms with E-state index in [1.807, 2.05) is 48.7 Å². The Morgan fingerprint density at radius 2 is 0.818 bits per heavy atom. The van der Waals surface area contributed by atoms with Gasteiger partial charge in [0, 0.05) is 34.9 Å². The van der Waals surface area contributed by atoms with Crippen LogP contribution < -0.4 is 0 Å². The van der Waals surface area contributed by atoms with Gasteiger partial charge >= 0.3 is 0 Å². The molecule has 0 amide bonds. The monoisotopic (exact) mass is 563 g/mol. The van der Waals surface area contributed by atoms with E-state index in [-0.39, 0.29) is 0 Å². The van der Waals surface area contributed by atoms with Gasteiger partial charge in [0.05, 0.1) is 39.5 Å². The van der Waals surface area contributed by atoms with Gasteiger partial charge in [-0.05, 0) is 70.8 Å². The number of hydrogen-bond acceptors (Lipinski definition) is 5. The molecule has 0 unspecified atom stereocenters. The Hall–Kier alpha value is -6.07. The molecule has 5 heteroatoms. The SMILES string of the molecule is c1ccc(-c2cc(-c3ccc(-c4ccc(-c5ccc6ccc7cccnc7c6n5)cc4)cc3)cc(-c3ccccn3)n2)nc1. The fourth-order valence-electron chi connectivity index (χ4n) is 5.56. The maximum absolute atomic E-state index is 5.00. The molecule has 5 heterocycles. The highest BCUT2D eigenvalue weighted by atomic mass is 14.8. The molecule has 0 atom stereocenters. The molecule has 3 aromatic carbocycles. The van der Waals surface area contributed by atoms with E-state index in [0.717, 1.165) is 78.1 Å². The van der Waals surface area contributed by atoms with Crippen molar-refractivity contribution in [2.45, 2.75) is 0 Å². The highest BCUT2D eigenvalue weighted by molar-refractivity contribution is 6.03. The Balaban J connectivity index is 1.11. The van der Waals surface area contributed by atoms with Crippen molar-refractivity contribution in [1.29, 1.82) is 0 Å². The van der Waals surface area contributed by atoms with Gasteiger partial charge in [0.25, 0.3) is 0 Å². The molecule has 0 saturated heterocycles. The van der Waals surface area contributed by atoms with Crippen molar-refractivity contribution in [3.8, 4) is 56.3 Å². The van der Waals surface area contributed by atoms with Crippen LogP contribution in [0, 0.1) is 0 Å². The molecule has 8 aromatic rings. The number of rotatable bonds is 5. The third-order valence-electron chi connectivity index (χ3n) is 7.84. The molecule has 0 aliphatic carbocycles. The average molecular weight is 564 g/mol. The summed E-state index contributed by atoms with van der Waals surface area (Å²) in [5.41, 5.74) is 11.6. The highest BCUT2D eigenvalue weighted by Gasteiger charge is 2.11. The van der Waals surface area contributed by atoms with Crippen LogP contribution in [0.25, 0.3) is 78.1 Å². The number of aromatic nitrogens is 5. The average Bonchev–Trinajstić information content (AvgIpc) is 3.12. The van der Waals surface area contributed by atoms with Gasteiger partial charge in [-0.1, -0.05) is 84.9 Å². The second-order valence-corrected chi connectivity index (χ2v) is 10.6. The maximum Gasteiger partial charge on any atom is 0.0972 e. The Morgan fingerprint density at radius 3 is 1.41 bits per heavy atom. The smallest absolute Gasteiger partial charge is 0.0972 e. The predicted octanol–water partition coefficient (Wildman–Crippen LogP) is 9.30. The van der Waals surface area contributed by atoms with E-state index in [9.17, 15) is 0 Å². The molecule has 0 aliphatic heterocycles. The van der Waals surface area contributed by atoms with Crippen LogP contribution in [0.15, 0.2) is 152 Å². The zero-order valence-corrected chi connectivity index (χ0v) is 23.7. The van der Waals surface area contributed by atoms with Gasteiger partial charge in [-0.15, -0.1) is 0 Å². The van der Waals surface area contributed by atoms with Crippen molar-refractivity contribution >= 4 is 21.8 Å². The minimum absolute atomic E-state index is 0.814. The van der Waals surface area contributed by atoms with E-state index < -0.39 is 0 Å². The second-order valence-electron chi connectivity index (χ2n) is 10.6. The quantitative estimate of drug-likeness (QED) is 0.195. The first kappa shape index (κ1) is 25.6. The van der Waals surface area contributed by atoms with Gasteiger partial charge in [0.2, 0.25) is 0 Å². The molecule has 44 heavy (non-hydrogen) atoms. The lowest BCUT2D eigenvalue weighted by Gasteiger charge is -2.10. The van der Waals surface area contributed by atoms with Crippen molar-refractivity contribution in [1.82, 2.24) is 24.9 Å². The molecular weight excluding hydrogens is 538 g/mol. The topological polar surface area (TPSA) is 64.5 Å². The zero-order valence-electron chi connectivity index (χ0n) is 23.7. The molecule has 5 nitrogen and oxygen atoms in total. The van der Waals surface area contributed by atoms with Crippen molar-refractivity contribution in [3.05, 3.63) is 152 Å². The summed E-state index contributed by atoms with van der Waals surface area (Å²) < 4.78 is 0. The lowest BCUT2D eigenvalue weighted by molar-refractivity contribution is 1.22. The van der Waals surface area contributed by atoms with E-state index in [4.69, 9.17) is 9.97 Å². The van der Waals surface area contributed by atoms with Crippen molar-refractivity contribution in [2.75, 3.05) is 0 Å². The van der Waals surface area contributed by atoms with Crippen molar-refractivity contribution in [3.63, 3.8) is 0 Å². The fourth-order valence-corrected chi connectivity index (χ4v) is 5.56. The number of nitrogens with zero attached hydrogens (tertiary/aromatic N) is 5. The largest absolute Gasteiger partial charge is 0.255 e. The molecule has 0 saturated carbocycles. The summed E-state index contributed by atoms with van der Waals surface area (Å²) in [5, 5.41) is 2.18. The molecular formula is C39H25N5. The molecule has 5 aromatic heterocycles. The number of pyridine rings is 5. The van der Waals surface area contributed by atoms with Crippen LogP contribution in [0.4, 0.5) is 0 Å². The van der Waals surface area contributed by atoms with Crippen molar-refractivity contribution < 1.29 is 0 Å². The van der Waals surface area contributed by atoms with Gasteiger partial charge in [-0.25, -0.2) is 9.97 Å². The van der Waals surface area contributed by atoms with E-state index in [2.05, 4.69) is 106 Å². The maximum atomic E-state index is 5.00. The van der Waals surface area contributed by atoms with Crippen LogP contribution in [0.2, 0.25) is 0 Å². The standard InChI is InChI=1S/C39H25N5/c1-3-21-40-34(7-1)36-24-32(25-37(43-36)35-8-2-4-22-41-35)28-11-9-26(10-12-28)27-13-15-29(16-14-27)33-20-19-31-18-17-30-6-5-23-42-38(30)39(31)44-33/h1-25H. The van der Waals surface area contributed by atoms with E-state index in [0.29, 0.717) is 0 Å². The lowest BCUT2D eigenvalue weighted by Crippen LogP contribution is -1.94. The van der Waals surface area contributed by atoms with Gasteiger partial charge in [-0.2, -0.15) is 0 Å². The van der Waals surface area contributed by atoms with Crippen LogP contribution in [0.3, 0.4) is 0 Å². The summed E-state index contributed by atoms with van der Waals surface area (Å²) in [6.45, 7) is 0. The summed E-state index contributed by atoms with van der Waals surface area (Å²) in [4.78, 5) is 23.6. The summed E-state index contributed by atoms with van der Waals surface area (Å²) >= 11 is 0. The van der Waals surface area contributed by atoms with Crippen LogP contribution in [0.1, 0.15) is 0 Å². The predicted molar refractivity (Wildman–Crippen MR) is 178 cm³/mol. The molecule has 0 aliphatic rings. The highest BCUT2D eigenvalue weighted by Crippen LogP contribution is 2.32. The van der Waals surface area contributed by atoms with Crippen LogP contribution in [0.5, 0.6) is 0 Å². The number of fused-ring (bicyclic) bond motifs is 3. The van der Waals surface area contributed by atoms with E-state index >= 15 is 0 Å². The van der Waals surface area contributed by atoms with Crippen LogP contribution in [-0.2, 0) is 0 Å².